The smallest absolute Gasteiger partial charge is 0.418 e. The maximum absolute atomic E-state index is 9.75. The molecule has 0 radical (unpaired) electrons. The zero-order valence-electron chi connectivity index (χ0n) is 9.17. The fraction of sp³-hybridized carbons (Fsp3) is 0.500. The molecule has 1 rings (SSSR count). The van der Waals surface area contributed by atoms with Gasteiger partial charge in [0.25, 0.3) is 0 Å². The van der Waals surface area contributed by atoms with Crippen molar-refractivity contribution in [2.24, 2.45) is 0 Å². The number of unbranched alkanes of at least 4 members (excludes halogenated alkanes) is 2. The Balaban J connectivity index is 0.000000385. The highest BCUT2D eigenvalue weighted by molar-refractivity contribution is 6.50. The number of pyridine rings is 1. The Hall–Kier alpha value is -1.07. The zero-order chi connectivity index (χ0) is 12.4. The van der Waals surface area contributed by atoms with E-state index in [0.717, 1.165) is 0 Å². The van der Waals surface area contributed by atoms with Crippen molar-refractivity contribution in [3.8, 4) is 0 Å². The SMILES string of the molecule is CCCCCc1cccnc1.F[B-](F)(F)F. The molecular weight excluding hydrogens is 221 g/mol. The van der Waals surface area contributed by atoms with Crippen LogP contribution in [0.3, 0.4) is 0 Å². The maximum Gasteiger partial charge on any atom is 0.673 e. The molecule has 0 unspecified atom stereocenters. The molecule has 0 bridgehead atoms. The lowest BCUT2D eigenvalue weighted by Gasteiger charge is -1.97. The molecule has 0 saturated carbocycles. The Morgan fingerprint density at radius 3 is 2.25 bits per heavy atom. The summed E-state index contributed by atoms with van der Waals surface area (Å²) in [5, 5.41) is 0. The first-order valence-corrected chi connectivity index (χ1v) is 5.19. The molecule has 6 heteroatoms. The molecule has 0 aliphatic carbocycles. The molecule has 0 N–H and O–H groups in total. The minimum atomic E-state index is -6.00. The fourth-order valence-corrected chi connectivity index (χ4v) is 1.13. The van der Waals surface area contributed by atoms with Crippen molar-refractivity contribution in [2.75, 3.05) is 0 Å². The summed E-state index contributed by atoms with van der Waals surface area (Å²) in [5.41, 5.74) is 1.36. The lowest BCUT2D eigenvalue weighted by Crippen LogP contribution is -2.02. The van der Waals surface area contributed by atoms with Gasteiger partial charge in [-0.15, -0.1) is 0 Å². The van der Waals surface area contributed by atoms with Crippen LogP contribution in [0.2, 0.25) is 0 Å². The van der Waals surface area contributed by atoms with Crippen molar-refractivity contribution in [3.63, 3.8) is 0 Å². The van der Waals surface area contributed by atoms with Crippen LogP contribution in [0.1, 0.15) is 31.7 Å². The molecule has 0 spiro atoms. The number of nitrogens with zero attached hydrogens (tertiary/aromatic N) is 1. The van der Waals surface area contributed by atoms with E-state index in [1.807, 2.05) is 18.5 Å². The van der Waals surface area contributed by atoms with Gasteiger partial charge in [0.1, 0.15) is 0 Å². The molecule has 16 heavy (non-hydrogen) atoms. The molecule has 0 aliphatic rings. The van der Waals surface area contributed by atoms with Crippen molar-refractivity contribution in [2.45, 2.75) is 32.6 Å². The number of hydrogen-bond acceptors (Lipinski definition) is 1. The first kappa shape index (κ1) is 14.9. The van der Waals surface area contributed by atoms with E-state index in [2.05, 4.69) is 18.0 Å². The van der Waals surface area contributed by atoms with Crippen LogP contribution in [0, 0.1) is 0 Å². The molecule has 92 valence electrons. The standard InChI is InChI=1S/C10H15N.BF4/c1-2-3-4-6-10-7-5-8-11-9-10;2-1(3,4)5/h5,7-9H,2-4,6H2,1H3;/q;-1. The van der Waals surface area contributed by atoms with Crippen molar-refractivity contribution < 1.29 is 17.3 Å². The minimum Gasteiger partial charge on any atom is -0.418 e. The molecule has 0 atom stereocenters. The Kier molecular flexibility index (Phi) is 7.59. The van der Waals surface area contributed by atoms with Gasteiger partial charge in [-0.1, -0.05) is 25.8 Å². The summed E-state index contributed by atoms with van der Waals surface area (Å²) >= 11 is 0. The van der Waals surface area contributed by atoms with Gasteiger partial charge in [-0.2, -0.15) is 0 Å². The largest absolute Gasteiger partial charge is 0.673 e. The molecule has 0 amide bonds. The van der Waals surface area contributed by atoms with Gasteiger partial charge in [-0.25, -0.2) is 0 Å². The zero-order valence-corrected chi connectivity index (χ0v) is 9.17. The van der Waals surface area contributed by atoms with Crippen molar-refractivity contribution in [1.29, 1.82) is 0 Å². The lowest BCUT2D eigenvalue weighted by molar-refractivity contribution is 0.368. The Morgan fingerprint density at radius 2 is 1.81 bits per heavy atom. The molecule has 0 aromatic carbocycles. The van der Waals surface area contributed by atoms with E-state index in [1.165, 1.54) is 31.2 Å². The first-order chi connectivity index (χ1) is 7.43. The third-order valence-electron chi connectivity index (χ3n) is 1.79. The third-order valence-corrected chi connectivity index (χ3v) is 1.79. The van der Waals surface area contributed by atoms with Gasteiger partial charge in [0, 0.05) is 12.4 Å². The molecule has 0 saturated heterocycles. The van der Waals surface area contributed by atoms with E-state index < -0.39 is 7.25 Å². The molecule has 1 heterocycles. The molecular formula is C10H15BF4N-. The second-order valence-electron chi connectivity index (χ2n) is 3.31. The van der Waals surface area contributed by atoms with Crippen molar-refractivity contribution in [3.05, 3.63) is 30.1 Å². The van der Waals surface area contributed by atoms with E-state index in [4.69, 9.17) is 0 Å². The van der Waals surface area contributed by atoms with E-state index in [1.54, 1.807) is 0 Å². The summed E-state index contributed by atoms with van der Waals surface area (Å²) in [6.45, 7) is 2.23. The van der Waals surface area contributed by atoms with Gasteiger partial charge in [0.2, 0.25) is 0 Å². The van der Waals surface area contributed by atoms with Gasteiger partial charge >= 0.3 is 7.25 Å². The van der Waals surface area contributed by atoms with Crippen LogP contribution < -0.4 is 0 Å². The quantitative estimate of drug-likeness (QED) is 0.435. The predicted molar refractivity (Wildman–Crippen MR) is 57.7 cm³/mol. The van der Waals surface area contributed by atoms with Gasteiger partial charge in [-0.3, -0.25) is 4.98 Å². The number of rotatable bonds is 4. The number of aromatic nitrogens is 1. The van der Waals surface area contributed by atoms with Crippen LogP contribution in [0.4, 0.5) is 17.3 Å². The average molecular weight is 236 g/mol. The van der Waals surface area contributed by atoms with E-state index in [-0.39, 0.29) is 0 Å². The van der Waals surface area contributed by atoms with Gasteiger partial charge < -0.3 is 17.3 Å². The summed E-state index contributed by atoms with van der Waals surface area (Å²) in [4.78, 5) is 4.06. The predicted octanol–water partition coefficient (Wildman–Crippen LogP) is 4.11. The lowest BCUT2D eigenvalue weighted by atomic mass is 10.1. The molecule has 0 fully saturated rings. The Labute approximate surface area is 93.0 Å². The highest BCUT2D eigenvalue weighted by atomic mass is 19.5. The molecule has 1 aromatic rings. The van der Waals surface area contributed by atoms with Gasteiger partial charge in [-0.05, 0) is 24.5 Å². The summed E-state index contributed by atoms with van der Waals surface area (Å²) in [5.74, 6) is 0. The highest BCUT2D eigenvalue weighted by Crippen LogP contribution is 2.06. The van der Waals surface area contributed by atoms with Crippen LogP contribution in [0.15, 0.2) is 24.5 Å². The van der Waals surface area contributed by atoms with E-state index in [0.29, 0.717) is 0 Å². The monoisotopic (exact) mass is 236 g/mol. The summed E-state index contributed by atoms with van der Waals surface area (Å²) < 4.78 is 39.0. The third kappa shape index (κ3) is 12.9. The molecule has 1 aromatic heterocycles. The number of halogens is 4. The van der Waals surface area contributed by atoms with Gasteiger partial charge in [0.05, 0.1) is 0 Å². The van der Waals surface area contributed by atoms with Crippen LogP contribution in [-0.2, 0) is 6.42 Å². The number of hydrogen-bond donors (Lipinski definition) is 0. The summed E-state index contributed by atoms with van der Waals surface area (Å²) in [6, 6.07) is 4.14. The van der Waals surface area contributed by atoms with Crippen LogP contribution in [0.5, 0.6) is 0 Å². The molecule has 1 nitrogen and oxygen atoms in total. The van der Waals surface area contributed by atoms with Crippen LogP contribution >= 0.6 is 0 Å². The van der Waals surface area contributed by atoms with Crippen LogP contribution in [-0.4, -0.2) is 12.2 Å². The summed E-state index contributed by atoms with van der Waals surface area (Å²) in [7, 11) is -6.00. The van der Waals surface area contributed by atoms with Crippen molar-refractivity contribution in [1.82, 2.24) is 4.98 Å². The topological polar surface area (TPSA) is 12.9 Å². The highest BCUT2D eigenvalue weighted by Gasteiger charge is 2.20. The Bertz CT molecular complexity index is 257. The molecule has 0 aliphatic heterocycles. The first-order valence-electron chi connectivity index (χ1n) is 5.19. The van der Waals surface area contributed by atoms with Crippen LogP contribution in [0.25, 0.3) is 0 Å². The van der Waals surface area contributed by atoms with Crippen molar-refractivity contribution >= 4 is 7.25 Å². The van der Waals surface area contributed by atoms with Gasteiger partial charge in [0.15, 0.2) is 0 Å². The second kappa shape index (κ2) is 8.13. The fourth-order valence-electron chi connectivity index (χ4n) is 1.13. The Morgan fingerprint density at radius 1 is 1.19 bits per heavy atom. The number of aryl methyl sites for hydroxylation is 1. The second-order valence-corrected chi connectivity index (χ2v) is 3.31. The van der Waals surface area contributed by atoms with E-state index in [9.17, 15) is 17.3 Å². The normalized spacial score (nSPS) is 10.6. The summed E-state index contributed by atoms with van der Waals surface area (Å²) in [6.07, 6.45) is 8.87. The van der Waals surface area contributed by atoms with E-state index >= 15 is 0 Å². The maximum atomic E-state index is 9.75. The minimum absolute atomic E-state index is 1.18. The average Bonchev–Trinajstić information content (AvgIpc) is 2.17.